The van der Waals surface area contributed by atoms with Crippen LogP contribution in [0, 0.1) is 16.0 Å². The van der Waals surface area contributed by atoms with Crippen molar-refractivity contribution in [2.24, 2.45) is 5.89 Å². The number of carbonyl (C=O) groups excluding carboxylic acids is 1. The van der Waals surface area contributed by atoms with E-state index in [0.29, 0.717) is 0 Å². The van der Waals surface area contributed by atoms with Crippen LogP contribution in [0.5, 0.6) is 5.75 Å². The number of nitro groups is 1. The third-order valence-corrected chi connectivity index (χ3v) is 1.49. The molecule has 0 radical (unpaired) electrons. The number of hydrogen-bond acceptors (Lipinski definition) is 5. The van der Waals surface area contributed by atoms with Gasteiger partial charge in [0, 0.05) is 21.7 Å². The van der Waals surface area contributed by atoms with Crippen molar-refractivity contribution < 1.29 is 31.5 Å². The lowest BCUT2D eigenvalue weighted by atomic mass is 10.2. The van der Waals surface area contributed by atoms with Crippen molar-refractivity contribution in [2.45, 2.75) is 13.7 Å². The SMILES string of the molecule is [2H]C([2H])([2H])C([2H])(C([2H])([2H])[2H])C([2H])([2H])OC(=O)Oc1ccc([N+](=O)[O-])cc1. The predicted molar refractivity (Wildman–Crippen MR) is 59.9 cm³/mol. The Labute approximate surface area is 111 Å². The normalized spacial score (nSPS) is 20.8. The van der Waals surface area contributed by atoms with Gasteiger partial charge in [0.15, 0.2) is 0 Å². The summed E-state index contributed by atoms with van der Waals surface area (Å²) in [7, 11) is 0. The molecular formula is C11H13NO5. The molecule has 0 N–H and O–H groups in total. The first-order valence-corrected chi connectivity index (χ1v) is 4.18. The highest BCUT2D eigenvalue weighted by molar-refractivity contribution is 5.63. The largest absolute Gasteiger partial charge is 0.513 e. The predicted octanol–water partition coefficient (Wildman–Crippen LogP) is 2.77. The maximum atomic E-state index is 11.7. The first-order chi connectivity index (χ1) is 11.5. The van der Waals surface area contributed by atoms with E-state index in [4.69, 9.17) is 12.3 Å². The lowest BCUT2D eigenvalue weighted by Crippen LogP contribution is -2.14. The van der Waals surface area contributed by atoms with Crippen LogP contribution in [0.2, 0.25) is 0 Å². The molecule has 1 aromatic carbocycles. The molecular weight excluding hydrogens is 226 g/mol. The summed E-state index contributed by atoms with van der Waals surface area (Å²) >= 11 is 0. The molecule has 0 unspecified atom stereocenters. The van der Waals surface area contributed by atoms with Gasteiger partial charge in [-0.1, -0.05) is 13.7 Å². The molecule has 1 aromatic rings. The van der Waals surface area contributed by atoms with Crippen molar-refractivity contribution in [2.75, 3.05) is 6.56 Å². The van der Waals surface area contributed by atoms with E-state index in [1.165, 1.54) is 0 Å². The molecule has 0 amide bonds. The Morgan fingerprint density at radius 3 is 2.76 bits per heavy atom. The molecule has 0 aromatic heterocycles. The second-order valence-electron chi connectivity index (χ2n) is 2.68. The summed E-state index contributed by atoms with van der Waals surface area (Å²) in [6, 6.07) is 3.90. The van der Waals surface area contributed by atoms with E-state index in [9.17, 15) is 14.9 Å². The van der Waals surface area contributed by atoms with Gasteiger partial charge < -0.3 is 9.47 Å². The first kappa shape index (κ1) is 5.03. The molecule has 17 heavy (non-hydrogen) atoms. The third-order valence-electron chi connectivity index (χ3n) is 1.49. The van der Waals surface area contributed by atoms with Crippen molar-refractivity contribution in [1.29, 1.82) is 0 Å². The third kappa shape index (κ3) is 4.50. The number of non-ortho nitro benzene ring substituents is 1. The van der Waals surface area contributed by atoms with Gasteiger partial charge in [-0.15, -0.1) is 0 Å². The van der Waals surface area contributed by atoms with Crippen LogP contribution in [-0.2, 0) is 4.74 Å². The van der Waals surface area contributed by atoms with E-state index < -0.39 is 37.2 Å². The summed E-state index contributed by atoms with van der Waals surface area (Å²) in [5, 5.41) is 10.5. The van der Waals surface area contributed by atoms with Crippen molar-refractivity contribution in [3.05, 3.63) is 34.4 Å². The standard InChI is InChI=1S/C11H13NO5/c1-8(2)7-16-11(13)17-10-5-3-9(4-6-10)12(14)15/h3-6,8H,7H2,1-2H3/i1D3,2D3,7D2,8D. The molecule has 0 heterocycles. The Hall–Kier alpha value is -2.11. The molecule has 0 aliphatic heterocycles. The zero-order chi connectivity index (χ0) is 20.6. The second-order valence-corrected chi connectivity index (χ2v) is 2.68. The molecule has 1 rings (SSSR count). The molecule has 0 spiro atoms. The van der Waals surface area contributed by atoms with Crippen LogP contribution in [0.4, 0.5) is 10.5 Å². The van der Waals surface area contributed by atoms with Gasteiger partial charge in [-0.3, -0.25) is 10.1 Å². The number of hydrogen-bond donors (Lipinski definition) is 0. The summed E-state index contributed by atoms with van der Waals surface area (Å²) in [4.78, 5) is 21.5. The molecule has 0 saturated carbocycles. The lowest BCUT2D eigenvalue weighted by Gasteiger charge is -2.07. The molecule has 0 saturated heterocycles. The van der Waals surface area contributed by atoms with E-state index in [-0.39, 0.29) is 11.4 Å². The zero-order valence-electron chi connectivity index (χ0n) is 17.3. The Bertz CT molecular complexity index is 669. The smallest absolute Gasteiger partial charge is 0.434 e. The minimum atomic E-state index is -3.79. The van der Waals surface area contributed by atoms with Gasteiger partial charge in [0.05, 0.1) is 14.2 Å². The molecule has 0 aliphatic carbocycles. The Balaban J connectivity index is 3.03. The summed E-state index contributed by atoms with van der Waals surface area (Å²) < 4.78 is 74.5. The van der Waals surface area contributed by atoms with Crippen LogP contribution in [-0.4, -0.2) is 17.6 Å². The van der Waals surface area contributed by atoms with Gasteiger partial charge in [-0.2, -0.15) is 0 Å². The summed E-state index contributed by atoms with van der Waals surface area (Å²) in [6.07, 6.45) is -1.83. The van der Waals surface area contributed by atoms with Crippen molar-refractivity contribution in [3.8, 4) is 5.75 Å². The number of nitro benzene ring substituents is 1. The molecule has 92 valence electrons. The van der Waals surface area contributed by atoms with Crippen LogP contribution >= 0.6 is 0 Å². The topological polar surface area (TPSA) is 78.7 Å². The van der Waals surface area contributed by atoms with Crippen molar-refractivity contribution in [3.63, 3.8) is 0 Å². The van der Waals surface area contributed by atoms with Gasteiger partial charge in [-0.25, -0.2) is 4.79 Å². The minimum Gasteiger partial charge on any atom is -0.434 e. The first-order valence-electron chi connectivity index (χ1n) is 8.68. The van der Waals surface area contributed by atoms with Crippen LogP contribution in [0.15, 0.2) is 24.3 Å². The maximum absolute atomic E-state index is 11.7. The van der Waals surface area contributed by atoms with Crippen LogP contribution < -0.4 is 4.74 Å². The van der Waals surface area contributed by atoms with Gasteiger partial charge in [-0.05, 0) is 18.0 Å². The molecule has 0 fully saturated rings. The number of ether oxygens (including phenoxy) is 2. The van der Waals surface area contributed by atoms with Crippen LogP contribution in [0.25, 0.3) is 0 Å². The molecule has 0 bridgehead atoms. The summed E-state index contributed by atoms with van der Waals surface area (Å²) in [5.41, 5.74) is -0.323. The zero-order valence-corrected chi connectivity index (χ0v) is 8.30. The highest BCUT2D eigenvalue weighted by atomic mass is 16.7. The minimum absolute atomic E-state index is 0.310. The van der Waals surface area contributed by atoms with Crippen LogP contribution in [0.3, 0.4) is 0 Å². The number of benzene rings is 1. The maximum Gasteiger partial charge on any atom is 0.513 e. The number of carbonyl (C=O) groups is 1. The molecule has 0 aliphatic rings. The molecule has 6 heteroatoms. The van der Waals surface area contributed by atoms with E-state index >= 15 is 0 Å². The van der Waals surface area contributed by atoms with Gasteiger partial charge in [0.1, 0.15) is 5.75 Å². The quantitative estimate of drug-likeness (QED) is 0.354. The Kier molecular flexibility index (Phi) is 1.73. The van der Waals surface area contributed by atoms with Crippen LogP contribution in [0.1, 0.15) is 26.0 Å². The fourth-order valence-electron chi connectivity index (χ4n) is 0.846. The second kappa shape index (κ2) is 5.83. The van der Waals surface area contributed by atoms with Crippen molar-refractivity contribution >= 4 is 11.8 Å². The van der Waals surface area contributed by atoms with E-state index in [1.54, 1.807) is 0 Å². The average Bonchev–Trinajstić information content (AvgIpc) is 2.43. The monoisotopic (exact) mass is 248 g/mol. The number of nitrogens with zero attached hydrogens (tertiary/aromatic N) is 1. The number of rotatable bonds is 4. The van der Waals surface area contributed by atoms with Gasteiger partial charge in [0.2, 0.25) is 0 Å². The summed E-state index contributed by atoms with van der Waals surface area (Å²) in [5.74, 6) is -4.10. The Morgan fingerprint density at radius 1 is 1.59 bits per heavy atom. The Morgan fingerprint density at radius 2 is 2.24 bits per heavy atom. The van der Waals surface area contributed by atoms with E-state index in [2.05, 4.69) is 9.47 Å². The highest BCUT2D eigenvalue weighted by Crippen LogP contribution is 2.17. The van der Waals surface area contributed by atoms with Gasteiger partial charge in [0.25, 0.3) is 5.69 Å². The van der Waals surface area contributed by atoms with Crippen molar-refractivity contribution in [1.82, 2.24) is 0 Å². The van der Waals surface area contributed by atoms with E-state index in [1.807, 2.05) is 0 Å². The summed E-state index contributed by atoms with van der Waals surface area (Å²) in [6.45, 7) is -11.1. The fourth-order valence-corrected chi connectivity index (χ4v) is 0.846. The molecule has 6 nitrogen and oxygen atoms in total. The molecule has 0 atom stereocenters. The fraction of sp³-hybridized carbons (Fsp3) is 0.364. The highest BCUT2D eigenvalue weighted by Gasteiger charge is 2.09. The average molecular weight is 248 g/mol. The van der Waals surface area contributed by atoms with Gasteiger partial charge >= 0.3 is 6.16 Å². The van der Waals surface area contributed by atoms with E-state index in [0.717, 1.165) is 24.3 Å². The lowest BCUT2D eigenvalue weighted by molar-refractivity contribution is -0.384.